The summed E-state index contributed by atoms with van der Waals surface area (Å²) in [5, 5.41) is 0. The molecule has 92 valence electrons. The number of rotatable bonds is 2. The first-order chi connectivity index (χ1) is 8.77. The lowest BCUT2D eigenvalue weighted by atomic mass is 10.1. The topological polar surface area (TPSA) is 48.7 Å². The van der Waals surface area contributed by atoms with Crippen molar-refractivity contribution in [2.45, 2.75) is 0 Å². The van der Waals surface area contributed by atoms with Gasteiger partial charge < -0.3 is 13.9 Å². The number of fused-ring (bicyclic) bond motifs is 1. The summed E-state index contributed by atoms with van der Waals surface area (Å²) in [6, 6.07) is 6.92. The molecule has 1 aromatic heterocycles. The molecule has 2 aromatic rings. The average Bonchev–Trinajstić information content (AvgIpc) is 2.83. The maximum atomic E-state index is 12.3. The van der Waals surface area contributed by atoms with Crippen LogP contribution in [0.2, 0.25) is 0 Å². The van der Waals surface area contributed by atoms with Crippen molar-refractivity contribution in [3.8, 4) is 11.5 Å². The van der Waals surface area contributed by atoms with Crippen molar-refractivity contribution >= 4 is 21.7 Å². The molecule has 0 atom stereocenters. The Hall–Kier alpha value is -1.75. The molecule has 0 unspecified atom stereocenters. The van der Waals surface area contributed by atoms with Crippen molar-refractivity contribution in [2.75, 3.05) is 13.2 Å². The van der Waals surface area contributed by atoms with Crippen molar-refractivity contribution < 1.29 is 18.7 Å². The third-order valence-electron chi connectivity index (χ3n) is 2.63. The van der Waals surface area contributed by atoms with Gasteiger partial charge in [-0.3, -0.25) is 4.79 Å². The molecule has 0 fully saturated rings. The summed E-state index contributed by atoms with van der Waals surface area (Å²) in [5.41, 5.74) is 0.447. The Labute approximate surface area is 112 Å². The van der Waals surface area contributed by atoms with Crippen molar-refractivity contribution in [1.82, 2.24) is 0 Å². The van der Waals surface area contributed by atoms with Gasteiger partial charge in [0.2, 0.25) is 5.78 Å². The van der Waals surface area contributed by atoms with Crippen LogP contribution in [0.5, 0.6) is 11.5 Å². The van der Waals surface area contributed by atoms with Gasteiger partial charge in [-0.1, -0.05) is 6.07 Å². The van der Waals surface area contributed by atoms with Gasteiger partial charge in [0, 0.05) is 0 Å². The molecule has 5 heteroatoms. The molecule has 3 rings (SSSR count). The standard InChI is InChI=1S/C13H9BrO4/c14-9-4-5-17-13(9)11(15)8-2-1-3-10-12(8)18-7-6-16-10/h1-5H,6-7H2. The van der Waals surface area contributed by atoms with Gasteiger partial charge in [0.05, 0.1) is 16.3 Å². The molecule has 0 bridgehead atoms. The number of hydrogen-bond acceptors (Lipinski definition) is 4. The van der Waals surface area contributed by atoms with E-state index in [1.165, 1.54) is 6.26 Å². The van der Waals surface area contributed by atoms with Crippen LogP contribution in [0.25, 0.3) is 0 Å². The van der Waals surface area contributed by atoms with E-state index in [0.29, 0.717) is 34.7 Å². The van der Waals surface area contributed by atoms with Gasteiger partial charge in [-0.05, 0) is 34.1 Å². The van der Waals surface area contributed by atoms with Gasteiger partial charge in [-0.15, -0.1) is 0 Å². The maximum Gasteiger partial charge on any atom is 0.233 e. The van der Waals surface area contributed by atoms with E-state index >= 15 is 0 Å². The minimum absolute atomic E-state index is 0.228. The SMILES string of the molecule is O=C(c1cccc2c1OCCO2)c1occc1Br. The summed E-state index contributed by atoms with van der Waals surface area (Å²) in [6.45, 7) is 0.936. The second kappa shape index (κ2) is 4.49. The van der Waals surface area contributed by atoms with Crippen molar-refractivity contribution in [2.24, 2.45) is 0 Å². The Balaban J connectivity index is 2.07. The minimum Gasteiger partial charge on any atom is -0.486 e. The van der Waals surface area contributed by atoms with Crippen LogP contribution in [0.1, 0.15) is 16.1 Å². The first-order valence-electron chi connectivity index (χ1n) is 5.43. The number of benzene rings is 1. The number of ketones is 1. The van der Waals surface area contributed by atoms with Crippen LogP contribution in [0.15, 0.2) is 39.4 Å². The van der Waals surface area contributed by atoms with Crippen LogP contribution in [-0.2, 0) is 0 Å². The smallest absolute Gasteiger partial charge is 0.233 e. The molecule has 1 aromatic carbocycles. The number of ether oxygens (including phenoxy) is 2. The maximum absolute atomic E-state index is 12.3. The van der Waals surface area contributed by atoms with Crippen LogP contribution < -0.4 is 9.47 Å². The fourth-order valence-electron chi connectivity index (χ4n) is 1.83. The predicted octanol–water partition coefficient (Wildman–Crippen LogP) is 3.04. The molecule has 0 N–H and O–H groups in total. The monoisotopic (exact) mass is 308 g/mol. The Morgan fingerprint density at radius 1 is 1.17 bits per heavy atom. The second-order valence-electron chi connectivity index (χ2n) is 3.76. The fourth-order valence-corrected chi connectivity index (χ4v) is 2.21. The van der Waals surface area contributed by atoms with Crippen LogP contribution in [0.3, 0.4) is 0 Å². The Bertz CT molecular complexity index is 603. The molecule has 0 aliphatic carbocycles. The second-order valence-corrected chi connectivity index (χ2v) is 4.61. The lowest BCUT2D eigenvalue weighted by Gasteiger charge is -2.20. The zero-order chi connectivity index (χ0) is 12.5. The first-order valence-corrected chi connectivity index (χ1v) is 6.23. The van der Waals surface area contributed by atoms with Gasteiger partial charge in [0.1, 0.15) is 13.2 Å². The normalized spacial score (nSPS) is 13.4. The lowest BCUT2D eigenvalue weighted by Crippen LogP contribution is -2.18. The van der Waals surface area contributed by atoms with Gasteiger partial charge in [-0.2, -0.15) is 0 Å². The molecule has 2 heterocycles. The average molecular weight is 309 g/mol. The molecule has 1 aliphatic rings. The quantitative estimate of drug-likeness (QED) is 0.800. The number of hydrogen-bond donors (Lipinski definition) is 0. The molecule has 0 spiro atoms. The van der Waals surface area contributed by atoms with Crippen molar-refractivity contribution in [3.05, 3.63) is 46.3 Å². The number of halogens is 1. The molecular formula is C13H9BrO4. The molecule has 0 saturated heterocycles. The third kappa shape index (κ3) is 1.80. The zero-order valence-electron chi connectivity index (χ0n) is 9.31. The summed E-state index contributed by atoms with van der Waals surface area (Å²) in [5.74, 6) is 1.11. The fraction of sp³-hybridized carbons (Fsp3) is 0.154. The highest BCUT2D eigenvalue weighted by molar-refractivity contribution is 9.10. The highest BCUT2D eigenvalue weighted by Crippen LogP contribution is 2.35. The summed E-state index contributed by atoms with van der Waals surface area (Å²) < 4.78 is 16.8. The Morgan fingerprint density at radius 2 is 2.00 bits per heavy atom. The minimum atomic E-state index is -0.228. The number of para-hydroxylation sites is 1. The van der Waals surface area contributed by atoms with E-state index in [1.54, 1.807) is 24.3 Å². The van der Waals surface area contributed by atoms with Crippen LogP contribution in [0, 0.1) is 0 Å². The summed E-state index contributed by atoms with van der Waals surface area (Å²) in [6.07, 6.45) is 1.46. The zero-order valence-corrected chi connectivity index (χ0v) is 10.9. The molecule has 0 saturated carbocycles. The van der Waals surface area contributed by atoms with E-state index in [0.717, 1.165) is 0 Å². The molecule has 0 radical (unpaired) electrons. The summed E-state index contributed by atoms with van der Waals surface area (Å²) in [4.78, 5) is 12.3. The van der Waals surface area contributed by atoms with Gasteiger partial charge in [-0.25, -0.2) is 0 Å². The van der Waals surface area contributed by atoms with E-state index in [-0.39, 0.29) is 11.5 Å². The van der Waals surface area contributed by atoms with E-state index in [2.05, 4.69) is 15.9 Å². The first kappa shape index (κ1) is 11.3. The van der Waals surface area contributed by atoms with E-state index < -0.39 is 0 Å². The lowest BCUT2D eigenvalue weighted by molar-refractivity contribution is 0.0997. The molecular weight excluding hydrogens is 300 g/mol. The third-order valence-corrected chi connectivity index (χ3v) is 3.26. The van der Waals surface area contributed by atoms with Gasteiger partial charge in [0.25, 0.3) is 0 Å². The molecule has 18 heavy (non-hydrogen) atoms. The Kier molecular flexibility index (Phi) is 2.83. The van der Waals surface area contributed by atoms with Crippen LogP contribution in [0.4, 0.5) is 0 Å². The van der Waals surface area contributed by atoms with E-state index in [9.17, 15) is 4.79 Å². The van der Waals surface area contributed by atoms with Crippen LogP contribution in [-0.4, -0.2) is 19.0 Å². The molecule has 4 nitrogen and oxygen atoms in total. The predicted molar refractivity (Wildman–Crippen MR) is 67.3 cm³/mol. The molecule has 1 aliphatic heterocycles. The van der Waals surface area contributed by atoms with Crippen LogP contribution >= 0.6 is 15.9 Å². The molecule has 0 amide bonds. The van der Waals surface area contributed by atoms with Gasteiger partial charge in [0.15, 0.2) is 17.3 Å². The number of furan rings is 1. The van der Waals surface area contributed by atoms with Gasteiger partial charge >= 0.3 is 0 Å². The van der Waals surface area contributed by atoms with E-state index in [1.807, 2.05) is 0 Å². The largest absolute Gasteiger partial charge is 0.486 e. The highest BCUT2D eigenvalue weighted by Gasteiger charge is 2.24. The summed E-state index contributed by atoms with van der Waals surface area (Å²) >= 11 is 3.27. The summed E-state index contributed by atoms with van der Waals surface area (Å²) in [7, 11) is 0. The van der Waals surface area contributed by atoms with Crippen molar-refractivity contribution in [3.63, 3.8) is 0 Å². The van der Waals surface area contributed by atoms with Crippen molar-refractivity contribution in [1.29, 1.82) is 0 Å². The Morgan fingerprint density at radius 3 is 2.78 bits per heavy atom. The number of carbonyl (C=O) groups excluding carboxylic acids is 1. The number of carbonyl (C=O) groups is 1. The van der Waals surface area contributed by atoms with E-state index in [4.69, 9.17) is 13.9 Å². The highest BCUT2D eigenvalue weighted by atomic mass is 79.9.